The van der Waals surface area contributed by atoms with Gasteiger partial charge in [0.15, 0.2) is 5.82 Å². The molecule has 2 aliphatic rings. The second-order valence-electron chi connectivity index (χ2n) is 9.65. The van der Waals surface area contributed by atoms with Crippen LogP contribution >= 0.6 is 0 Å². The van der Waals surface area contributed by atoms with E-state index in [2.05, 4.69) is 43.2 Å². The van der Waals surface area contributed by atoms with Gasteiger partial charge in [0.2, 0.25) is 0 Å². The van der Waals surface area contributed by atoms with E-state index in [0.717, 1.165) is 53.7 Å². The van der Waals surface area contributed by atoms with Crippen LogP contribution in [-0.4, -0.2) is 54.5 Å². The molecule has 4 aromatic rings. The lowest BCUT2D eigenvalue weighted by molar-refractivity contribution is 0.0326. The predicted octanol–water partition coefficient (Wildman–Crippen LogP) is 3.76. The summed E-state index contributed by atoms with van der Waals surface area (Å²) in [5.74, 6) is 1.09. The SMILES string of the molecule is Cn1cc(-c2cccc(-c3ncc(-c4cnn(C5CC[C@]6(CO)COC[C@H]6C5)c4)cn3)c2)cn1. The summed E-state index contributed by atoms with van der Waals surface area (Å²) in [6.45, 7) is 1.63. The fraction of sp³-hybridized carbons (Fsp3) is 0.385. The number of benzene rings is 1. The third-order valence-electron chi connectivity index (χ3n) is 7.54. The van der Waals surface area contributed by atoms with Crippen molar-refractivity contribution in [2.75, 3.05) is 19.8 Å². The molecule has 1 unspecified atom stereocenters. The van der Waals surface area contributed by atoms with E-state index < -0.39 is 0 Å². The quantitative estimate of drug-likeness (QED) is 0.492. The first-order chi connectivity index (χ1) is 16.6. The van der Waals surface area contributed by atoms with Crippen LogP contribution < -0.4 is 0 Å². The van der Waals surface area contributed by atoms with Gasteiger partial charge in [-0.3, -0.25) is 9.36 Å². The zero-order chi connectivity index (χ0) is 23.1. The Bertz CT molecular complexity index is 1300. The second kappa shape index (κ2) is 8.45. The lowest BCUT2D eigenvalue weighted by Gasteiger charge is -2.39. The van der Waals surface area contributed by atoms with Gasteiger partial charge < -0.3 is 9.84 Å². The van der Waals surface area contributed by atoms with Crippen molar-refractivity contribution < 1.29 is 9.84 Å². The zero-order valence-electron chi connectivity index (χ0n) is 19.2. The van der Waals surface area contributed by atoms with Crippen LogP contribution in [0.25, 0.3) is 33.6 Å². The molecule has 174 valence electrons. The topological polar surface area (TPSA) is 90.9 Å². The number of nitrogens with zero attached hydrogens (tertiary/aromatic N) is 6. The number of ether oxygens (including phenoxy) is 1. The third kappa shape index (κ3) is 3.73. The minimum Gasteiger partial charge on any atom is -0.396 e. The Morgan fingerprint density at radius 3 is 2.59 bits per heavy atom. The van der Waals surface area contributed by atoms with Gasteiger partial charge in [0.1, 0.15) is 0 Å². The number of aryl methyl sites for hydroxylation is 1. The number of hydrogen-bond acceptors (Lipinski definition) is 6. The molecule has 0 bridgehead atoms. The Labute approximate surface area is 198 Å². The zero-order valence-corrected chi connectivity index (χ0v) is 19.2. The summed E-state index contributed by atoms with van der Waals surface area (Å²) in [7, 11) is 1.91. The number of hydrogen-bond donors (Lipinski definition) is 1. The molecule has 1 N–H and O–H groups in total. The average Bonchev–Trinajstić information content (AvgIpc) is 3.63. The minimum absolute atomic E-state index is 0.0511. The number of rotatable bonds is 5. The molecule has 0 amide bonds. The molecule has 3 atom stereocenters. The average molecular weight is 457 g/mol. The van der Waals surface area contributed by atoms with E-state index in [-0.39, 0.29) is 12.0 Å². The molecule has 8 heteroatoms. The first-order valence-electron chi connectivity index (χ1n) is 11.8. The van der Waals surface area contributed by atoms with E-state index in [1.165, 1.54) is 0 Å². The van der Waals surface area contributed by atoms with Gasteiger partial charge in [0.25, 0.3) is 0 Å². The summed E-state index contributed by atoms with van der Waals surface area (Å²) in [5, 5.41) is 18.8. The molecule has 34 heavy (non-hydrogen) atoms. The van der Waals surface area contributed by atoms with Gasteiger partial charge in [-0.15, -0.1) is 0 Å². The molecule has 0 radical (unpaired) electrons. The summed E-state index contributed by atoms with van der Waals surface area (Å²) in [6.07, 6.45) is 14.5. The molecule has 1 aromatic carbocycles. The number of fused-ring (bicyclic) bond motifs is 1. The van der Waals surface area contributed by atoms with Crippen molar-refractivity contribution in [2.45, 2.75) is 25.3 Å². The van der Waals surface area contributed by atoms with E-state index >= 15 is 0 Å². The van der Waals surface area contributed by atoms with Crippen LogP contribution in [0.2, 0.25) is 0 Å². The molecular weight excluding hydrogens is 428 g/mol. The van der Waals surface area contributed by atoms with Gasteiger partial charge in [-0.1, -0.05) is 18.2 Å². The number of aliphatic hydroxyl groups is 1. The molecule has 6 rings (SSSR count). The smallest absolute Gasteiger partial charge is 0.159 e. The molecule has 8 nitrogen and oxygen atoms in total. The summed E-state index contributed by atoms with van der Waals surface area (Å²) in [5.41, 5.74) is 5.03. The van der Waals surface area contributed by atoms with Gasteiger partial charge >= 0.3 is 0 Å². The Kier molecular flexibility index (Phi) is 5.27. The van der Waals surface area contributed by atoms with Gasteiger partial charge in [0.05, 0.1) is 38.3 Å². The highest BCUT2D eigenvalue weighted by molar-refractivity contribution is 5.70. The van der Waals surface area contributed by atoms with E-state index in [4.69, 9.17) is 4.74 Å². The molecule has 0 spiro atoms. The van der Waals surface area contributed by atoms with Crippen LogP contribution in [0.3, 0.4) is 0 Å². The van der Waals surface area contributed by atoms with Crippen LogP contribution in [0.5, 0.6) is 0 Å². The van der Waals surface area contributed by atoms with Crippen LogP contribution in [0, 0.1) is 11.3 Å². The van der Waals surface area contributed by atoms with E-state index in [1.807, 2.05) is 50.2 Å². The Hall–Kier alpha value is -3.36. The molecule has 1 aliphatic carbocycles. The van der Waals surface area contributed by atoms with Gasteiger partial charge in [0, 0.05) is 59.5 Å². The fourth-order valence-electron chi connectivity index (χ4n) is 5.41. The van der Waals surface area contributed by atoms with Gasteiger partial charge in [-0.05, 0) is 36.8 Å². The Balaban J connectivity index is 1.19. The van der Waals surface area contributed by atoms with E-state index in [9.17, 15) is 5.11 Å². The fourth-order valence-corrected chi connectivity index (χ4v) is 5.41. The van der Waals surface area contributed by atoms with Crippen LogP contribution in [0.1, 0.15) is 25.3 Å². The highest BCUT2D eigenvalue weighted by atomic mass is 16.5. The van der Waals surface area contributed by atoms with Crippen molar-refractivity contribution >= 4 is 0 Å². The van der Waals surface area contributed by atoms with Crippen LogP contribution in [0.15, 0.2) is 61.4 Å². The van der Waals surface area contributed by atoms with Gasteiger partial charge in [-0.25, -0.2) is 9.97 Å². The summed E-state index contributed by atoms with van der Waals surface area (Å²) in [6, 6.07) is 8.53. The lowest BCUT2D eigenvalue weighted by atomic mass is 9.67. The summed E-state index contributed by atoms with van der Waals surface area (Å²) < 4.78 is 9.58. The Morgan fingerprint density at radius 1 is 1.00 bits per heavy atom. The number of aromatic nitrogens is 6. The van der Waals surface area contributed by atoms with Crippen molar-refractivity contribution in [1.82, 2.24) is 29.5 Å². The third-order valence-corrected chi connectivity index (χ3v) is 7.54. The predicted molar refractivity (Wildman–Crippen MR) is 128 cm³/mol. The highest BCUT2D eigenvalue weighted by Crippen LogP contribution is 2.48. The van der Waals surface area contributed by atoms with Gasteiger partial charge in [-0.2, -0.15) is 10.2 Å². The molecule has 2 fully saturated rings. The van der Waals surface area contributed by atoms with E-state index in [1.54, 1.807) is 4.68 Å². The minimum atomic E-state index is -0.0511. The maximum atomic E-state index is 9.92. The first-order valence-corrected chi connectivity index (χ1v) is 11.8. The van der Waals surface area contributed by atoms with Crippen molar-refractivity contribution in [3.8, 4) is 33.6 Å². The first kappa shape index (κ1) is 21.2. The highest BCUT2D eigenvalue weighted by Gasteiger charge is 2.47. The standard InChI is InChI=1S/C26H28N6O2/c1-31-13-21(11-29-31)18-3-2-4-19(7-18)25-27-9-20(10-28-25)22-12-30-32(14-22)24-5-6-26(16-33)17-34-15-23(26)8-24/h2-4,7,9-14,23-24,33H,5-6,8,15-17H2,1H3/t23-,24?,26+/m1/s1. The summed E-state index contributed by atoms with van der Waals surface area (Å²) in [4.78, 5) is 9.27. The normalized spacial score (nSPS) is 24.3. The molecule has 1 aliphatic heterocycles. The molecular formula is C26H28N6O2. The maximum Gasteiger partial charge on any atom is 0.159 e. The van der Waals surface area contributed by atoms with Crippen molar-refractivity contribution in [1.29, 1.82) is 0 Å². The van der Waals surface area contributed by atoms with Crippen LogP contribution in [-0.2, 0) is 11.8 Å². The van der Waals surface area contributed by atoms with Crippen molar-refractivity contribution in [3.05, 3.63) is 61.4 Å². The van der Waals surface area contributed by atoms with Crippen molar-refractivity contribution in [2.24, 2.45) is 18.4 Å². The maximum absolute atomic E-state index is 9.92. The lowest BCUT2D eigenvalue weighted by Crippen LogP contribution is -2.39. The second-order valence-corrected chi connectivity index (χ2v) is 9.65. The molecule has 3 aromatic heterocycles. The molecule has 1 saturated carbocycles. The van der Waals surface area contributed by atoms with E-state index in [0.29, 0.717) is 24.4 Å². The largest absolute Gasteiger partial charge is 0.396 e. The Morgan fingerprint density at radius 2 is 1.79 bits per heavy atom. The summed E-state index contributed by atoms with van der Waals surface area (Å²) >= 11 is 0. The number of aliphatic hydroxyl groups excluding tert-OH is 1. The van der Waals surface area contributed by atoms with Crippen LogP contribution in [0.4, 0.5) is 0 Å². The molecule has 4 heterocycles. The monoisotopic (exact) mass is 456 g/mol. The van der Waals surface area contributed by atoms with Crippen molar-refractivity contribution in [3.63, 3.8) is 0 Å². The molecule has 1 saturated heterocycles.